The van der Waals surface area contributed by atoms with Crippen molar-refractivity contribution in [1.82, 2.24) is 5.32 Å². The van der Waals surface area contributed by atoms with E-state index < -0.39 is 0 Å². The van der Waals surface area contributed by atoms with Crippen LogP contribution in [0.15, 0.2) is 42.5 Å². The molecule has 2 heteroatoms. The Labute approximate surface area is 120 Å². The molecule has 2 rings (SSSR count). The molecule has 0 spiro atoms. The van der Waals surface area contributed by atoms with Crippen LogP contribution in [-0.2, 0) is 6.42 Å². The number of hydrogen-bond acceptors (Lipinski definition) is 1. The first kappa shape index (κ1) is 14.1. The first-order valence-electron chi connectivity index (χ1n) is 6.59. The van der Waals surface area contributed by atoms with Gasteiger partial charge in [0, 0.05) is 11.1 Å². The van der Waals surface area contributed by atoms with Crippen molar-refractivity contribution in [2.45, 2.75) is 26.3 Å². The second-order valence-corrected chi connectivity index (χ2v) is 5.39. The summed E-state index contributed by atoms with van der Waals surface area (Å²) >= 11 is 6.21. The highest BCUT2D eigenvalue weighted by molar-refractivity contribution is 6.31. The van der Waals surface area contributed by atoms with Crippen molar-refractivity contribution in [3.8, 4) is 0 Å². The zero-order valence-corrected chi connectivity index (χ0v) is 12.5. The van der Waals surface area contributed by atoms with Crippen molar-refractivity contribution in [2.24, 2.45) is 0 Å². The van der Waals surface area contributed by atoms with E-state index >= 15 is 0 Å². The molecule has 0 aromatic heterocycles. The number of likely N-dealkylation sites (N-methyl/N-ethyl adjacent to an activating group) is 1. The van der Waals surface area contributed by atoms with Crippen LogP contribution in [0.3, 0.4) is 0 Å². The Morgan fingerprint density at radius 3 is 2.37 bits per heavy atom. The van der Waals surface area contributed by atoms with Crippen LogP contribution in [0, 0.1) is 13.8 Å². The fourth-order valence-corrected chi connectivity index (χ4v) is 2.51. The zero-order valence-electron chi connectivity index (χ0n) is 11.7. The molecule has 0 aliphatic rings. The number of halogens is 1. The molecule has 1 N–H and O–H groups in total. The summed E-state index contributed by atoms with van der Waals surface area (Å²) < 4.78 is 0. The molecule has 0 aliphatic carbocycles. The lowest BCUT2D eigenvalue weighted by atomic mass is 9.95. The fourth-order valence-electron chi connectivity index (χ4n) is 2.33. The predicted octanol–water partition coefficient (Wildman–Crippen LogP) is 4.46. The van der Waals surface area contributed by atoms with E-state index in [1.54, 1.807) is 0 Å². The van der Waals surface area contributed by atoms with E-state index in [0.717, 1.165) is 17.0 Å². The van der Waals surface area contributed by atoms with Crippen LogP contribution in [0.4, 0.5) is 0 Å². The second kappa shape index (κ2) is 6.23. The average Bonchev–Trinajstić information content (AvgIpc) is 2.42. The van der Waals surface area contributed by atoms with Crippen molar-refractivity contribution < 1.29 is 0 Å². The van der Waals surface area contributed by atoms with Gasteiger partial charge in [-0.3, -0.25) is 0 Å². The zero-order chi connectivity index (χ0) is 13.8. The van der Waals surface area contributed by atoms with Crippen LogP contribution in [0.25, 0.3) is 0 Å². The van der Waals surface area contributed by atoms with Crippen molar-refractivity contribution >= 4 is 11.6 Å². The summed E-state index contributed by atoms with van der Waals surface area (Å²) in [6, 6.07) is 15.1. The lowest BCUT2D eigenvalue weighted by Gasteiger charge is -2.19. The lowest BCUT2D eigenvalue weighted by molar-refractivity contribution is 0.589. The van der Waals surface area contributed by atoms with Gasteiger partial charge < -0.3 is 5.32 Å². The Hall–Kier alpha value is -1.31. The standard InChI is InChI=1S/C17H20ClN/c1-12-7-9-14(10-8-12)11-17(19-3)15-5-4-6-16(18)13(15)2/h4-10,17,19H,11H2,1-3H3. The molecule has 0 saturated carbocycles. The Balaban J connectivity index is 2.25. The molecule has 0 fully saturated rings. The van der Waals surface area contributed by atoms with Gasteiger partial charge in [-0.25, -0.2) is 0 Å². The van der Waals surface area contributed by atoms with Crippen LogP contribution in [0.1, 0.15) is 28.3 Å². The van der Waals surface area contributed by atoms with Crippen LogP contribution in [-0.4, -0.2) is 7.05 Å². The normalized spacial score (nSPS) is 12.4. The van der Waals surface area contributed by atoms with E-state index in [1.807, 2.05) is 19.2 Å². The Kier molecular flexibility index (Phi) is 4.62. The minimum Gasteiger partial charge on any atom is -0.313 e. The second-order valence-electron chi connectivity index (χ2n) is 4.99. The van der Waals surface area contributed by atoms with Gasteiger partial charge in [-0.2, -0.15) is 0 Å². The monoisotopic (exact) mass is 273 g/mol. The number of benzene rings is 2. The first-order valence-corrected chi connectivity index (χ1v) is 6.97. The molecule has 0 aliphatic heterocycles. The number of hydrogen-bond donors (Lipinski definition) is 1. The summed E-state index contributed by atoms with van der Waals surface area (Å²) in [7, 11) is 2.00. The van der Waals surface area contributed by atoms with E-state index in [0.29, 0.717) is 6.04 Å². The molecular weight excluding hydrogens is 254 g/mol. The maximum Gasteiger partial charge on any atom is 0.0438 e. The first-order chi connectivity index (χ1) is 9.11. The third kappa shape index (κ3) is 3.37. The summed E-state index contributed by atoms with van der Waals surface area (Å²) in [6.45, 7) is 4.19. The topological polar surface area (TPSA) is 12.0 Å². The SMILES string of the molecule is CNC(Cc1ccc(C)cc1)c1cccc(Cl)c1C. The van der Waals surface area contributed by atoms with Gasteiger partial charge in [-0.15, -0.1) is 0 Å². The number of rotatable bonds is 4. The summed E-state index contributed by atoms with van der Waals surface area (Å²) in [5.41, 5.74) is 5.07. The van der Waals surface area contributed by atoms with Gasteiger partial charge in [-0.05, 0) is 50.1 Å². The molecule has 0 radical (unpaired) electrons. The molecular formula is C17H20ClN. The summed E-state index contributed by atoms with van der Waals surface area (Å²) in [6.07, 6.45) is 0.970. The summed E-state index contributed by atoms with van der Waals surface area (Å²) in [4.78, 5) is 0. The molecule has 1 nitrogen and oxygen atoms in total. The smallest absolute Gasteiger partial charge is 0.0438 e. The van der Waals surface area contributed by atoms with Gasteiger partial charge >= 0.3 is 0 Å². The van der Waals surface area contributed by atoms with Crippen LogP contribution in [0.5, 0.6) is 0 Å². The van der Waals surface area contributed by atoms with Crippen LogP contribution >= 0.6 is 11.6 Å². The largest absolute Gasteiger partial charge is 0.313 e. The van der Waals surface area contributed by atoms with E-state index in [9.17, 15) is 0 Å². The van der Waals surface area contributed by atoms with Gasteiger partial charge in [0.15, 0.2) is 0 Å². The summed E-state index contributed by atoms with van der Waals surface area (Å²) in [5, 5.41) is 4.23. The quantitative estimate of drug-likeness (QED) is 0.867. The fraction of sp³-hybridized carbons (Fsp3) is 0.294. The molecule has 19 heavy (non-hydrogen) atoms. The van der Waals surface area contributed by atoms with Crippen molar-refractivity contribution in [1.29, 1.82) is 0 Å². The van der Waals surface area contributed by atoms with Gasteiger partial charge in [-0.1, -0.05) is 53.6 Å². The van der Waals surface area contributed by atoms with E-state index in [-0.39, 0.29) is 0 Å². The van der Waals surface area contributed by atoms with Gasteiger partial charge in [0.1, 0.15) is 0 Å². The molecule has 0 amide bonds. The van der Waals surface area contributed by atoms with Crippen LogP contribution in [0.2, 0.25) is 5.02 Å². The highest BCUT2D eigenvalue weighted by atomic mass is 35.5. The van der Waals surface area contributed by atoms with Crippen LogP contribution < -0.4 is 5.32 Å². The Bertz CT molecular complexity index is 546. The number of nitrogens with one attached hydrogen (secondary N) is 1. The molecule has 1 atom stereocenters. The Morgan fingerprint density at radius 2 is 1.74 bits per heavy atom. The van der Waals surface area contributed by atoms with E-state index in [1.165, 1.54) is 16.7 Å². The molecule has 1 unspecified atom stereocenters. The third-order valence-corrected chi connectivity index (χ3v) is 4.00. The third-order valence-electron chi connectivity index (χ3n) is 3.59. The summed E-state index contributed by atoms with van der Waals surface area (Å²) in [5.74, 6) is 0. The van der Waals surface area contributed by atoms with Crippen molar-refractivity contribution in [2.75, 3.05) is 7.05 Å². The minimum absolute atomic E-state index is 0.293. The molecule has 0 saturated heterocycles. The molecule has 100 valence electrons. The van der Waals surface area contributed by atoms with Gasteiger partial charge in [0.25, 0.3) is 0 Å². The molecule has 2 aromatic carbocycles. The molecule has 0 heterocycles. The highest BCUT2D eigenvalue weighted by Gasteiger charge is 2.13. The van der Waals surface area contributed by atoms with Crippen molar-refractivity contribution in [3.05, 3.63) is 69.7 Å². The lowest BCUT2D eigenvalue weighted by Crippen LogP contribution is -2.19. The Morgan fingerprint density at radius 1 is 1.05 bits per heavy atom. The van der Waals surface area contributed by atoms with E-state index in [2.05, 4.69) is 49.5 Å². The molecule has 0 bridgehead atoms. The maximum absolute atomic E-state index is 6.21. The maximum atomic E-state index is 6.21. The van der Waals surface area contributed by atoms with Gasteiger partial charge in [0.2, 0.25) is 0 Å². The molecule has 2 aromatic rings. The number of aryl methyl sites for hydroxylation is 1. The van der Waals surface area contributed by atoms with Crippen molar-refractivity contribution in [3.63, 3.8) is 0 Å². The highest BCUT2D eigenvalue weighted by Crippen LogP contribution is 2.26. The average molecular weight is 274 g/mol. The minimum atomic E-state index is 0.293. The predicted molar refractivity (Wildman–Crippen MR) is 82.9 cm³/mol. The van der Waals surface area contributed by atoms with Gasteiger partial charge in [0.05, 0.1) is 0 Å². The van der Waals surface area contributed by atoms with E-state index in [4.69, 9.17) is 11.6 Å².